The van der Waals surface area contributed by atoms with Crippen LogP contribution in [0.1, 0.15) is 23.6 Å². The molecule has 0 atom stereocenters. The summed E-state index contributed by atoms with van der Waals surface area (Å²) in [5.41, 5.74) is 4.99. The second kappa shape index (κ2) is 8.54. The molecule has 0 aliphatic rings. The number of thiocarbonyl (C=S) groups is 1. The maximum Gasteiger partial charge on any atom is 0.261 e. The number of nitrogens with one attached hydrogen (secondary N) is 3. The molecule has 0 spiro atoms. The molecule has 0 aromatic heterocycles. The summed E-state index contributed by atoms with van der Waals surface area (Å²) in [6, 6.07) is 10.5. The number of rotatable bonds is 6. The molecule has 0 amide bonds. The van der Waals surface area contributed by atoms with Gasteiger partial charge in [0.15, 0.2) is 5.11 Å². The van der Waals surface area contributed by atoms with Crippen molar-refractivity contribution in [3.8, 4) is 0 Å². The molecule has 3 N–H and O–H groups in total. The van der Waals surface area contributed by atoms with Crippen LogP contribution in [0.15, 0.2) is 53.4 Å². The van der Waals surface area contributed by atoms with E-state index in [0.29, 0.717) is 23.0 Å². The summed E-state index contributed by atoms with van der Waals surface area (Å²) < 4.78 is 28.3. The minimum absolute atomic E-state index is 0.165. The van der Waals surface area contributed by atoms with Gasteiger partial charge in [-0.15, -0.1) is 0 Å². The summed E-state index contributed by atoms with van der Waals surface area (Å²) in [6.07, 6.45) is 0. The van der Waals surface area contributed by atoms with E-state index in [0.717, 1.165) is 22.3 Å². The molecule has 0 aliphatic carbocycles. The molecular weight excluding hydrogens is 378 g/mol. The van der Waals surface area contributed by atoms with E-state index in [9.17, 15) is 8.42 Å². The Hall–Kier alpha value is -2.38. The molecule has 0 bridgehead atoms. The molecule has 0 aliphatic heterocycles. The lowest BCUT2D eigenvalue weighted by Gasteiger charge is -2.15. The molecule has 0 saturated carbocycles. The first-order valence-corrected chi connectivity index (χ1v) is 10.4. The van der Waals surface area contributed by atoms with Crippen molar-refractivity contribution < 1.29 is 8.42 Å². The van der Waals surface area contributed by atoms with E-state index in [1.54, 1.807) is 24.3 Å². The van der Waals surface area contributed by atoms with Crippen molar-refractivity contribution in [1.29, 1.82) is 0 Å². The minimum atomic E-state index is -3.72. The first-order valence-electron chi connectivity index (χ1n) is 8.48. The molecule has 2 aromatic rings. The molecule has 0 radical (unpaired) electrons. The third-order valence-electron chi connectivity index (χ3n) is 3.94. The molecule has 2 rings (SSSR count). The van der Waals surface area contributed by atoms with Gasteiger partial charge in [-0.2, -0.15) is 0 Å². The minimum Gasteiger partial charge on any atom is -0.359 e. The number of hydrogen-bond donors (Lipinski definition) is 3. The fraction of sp³-hybridized carbons (Fsp3) is 0.250. The van der Waals surface area contributed by atoms with Crippen molar-refractivity contribution in [3.63, 3.8) is 0 Å². The van der Waals surface area contributed by atoms with Gasteiger partial charge in [0.05, 0.1) is 10.6 Å². The van der Waals surface area contributed by atoms with Crippen LogP contribution in [-0.2, 0) is 10.0 Å². The van der Waals surface area contributed by atoms with Gasteiger partial charge < -0.3 is 10.6 Å². The molecule has 7 heteroatoms. The monoisotopic (exact) mass is 403 g/mol. The second-order valence-electron chi connectivity index (χ2n) is 6.67. The average Bonchev–Trinajstić information content (AvgIpc) is 2.57. The SMILES string of the molecule is C=C(C)CNC(=S)Nc1cc(S(=O)(=O)Nc2ccc(C)cc2C)ccc1C. The molecule has 0 heterocycles. The highest BCUT2D eigenvalue weighted by Crippen LogP contribution is 2.24. The van der Waals surface area contributed by atoms with Crippen molar-refractivity contribution in [2.45, 2.75) is 32.6 Å². The Labute approximate surface area is 166 Å². The predicted octanol–water partition coefficient (Wildman–Crippen LogP) is 4.28. The van der Waals surface area contributed by atoms with Gasteiger partial charge in [-0.05, 0) is 69.2 Å². The first kappa shape index (κ1) is 20.9. The number of benzene rings is 2. The van der Waals surface area contributed by atoms with Crippen LogP contribution in [-0.4, -0.2) is 20.1 Å². The van der Waals surface area contributed by atoms with Crippen LogP contribution in [0, 0.1) is 20.8 Å². The fourth-order valence-electron chi connectivity index (χ4n) is 2.43. The summed E-state index contributed by atoms with van der Waals surface area (Å²) >= 11 is 5.26. The van der Waals surface area contributed by atoms with Crippen molar-refractivity contribution >= 4 is 38.7 Å². The standard InChI is InChI=1S/C20H25N3O2S2/c1-13(2)12-21-20(26)22-19-11-17(8-7-15(19)4)27(24,25)23-18-9-6-14(3)10-16(18)5/h6-11,23H,1,12H2,2-5H3,(H2,21,22,26). The Kier molecular flexibility index (Phi) is 6.62. The van der Waals surface area contributed by atoms with E-state index in [4.69, 9.17) is 12.2 Å². The van der Waals surface area contributed by atoms with E-state index in [1.807, 2.05) is 39.8 Å². The Morgan fingerprint density at radius 3 is 2.37 bits per heavy atom. The van der Waals surface area contributed by atoms with Crippen LogP contribution in [0.25, 0.3) is 0 Å². The summed E-state index contributed by atoms with van der Waals surface area (Å²) in [7, 11) is -3.72. The van der Waals surface area contributed by atoms with Gasteiger partial charge in [0, 0.05) is 12.2 Å². The maximum absolute atomic E-state index is 12.8. The zero-order valence-corrected chi connectivity index (χ0v) is 17.6. The largest absolute Gasteiger partial charge is 0.359 e. The molecule has 0 saturated heterocycles. The third kappa shape index (κ3) is 5.80. The normalized spacial score (nSPS) is 11.0. The average molecular weight is 404 g/mol. The van der Waals surface area contributed by atoms with E-state index in [1.165, 1.54) is 0 Å². The fourth-order valence-corrected chi connectivity index (χ4v) is 3.77. The van der Waals surface area contributed by atoms with Gasteiger partial charge in [-0.25, -0.2) is 8.42 Å². The zero-order valence-electron chi connectivity index (χ0n) is 16.0. The Bertz CT molecular complexity index is 983. The molecule has 0 unspecified atom stereocenters. The van der Waals surface area contributed by atoms with E-state index < -0.39 is 10.0 Å². The first-order chi connectivity index (χ1) is 12.6. The highest BCUT2D eigenvalue weighted by Gasteiger charge is 2.17. The van der Waals surface area contributed by atoms with Crippen LogP contribution >= 0.6 is 12.2 Å². The van der Waals surface area contributed by atoms with Crippen molar-refractivity contribution in [2.24, 2.45) is 0 Å². The van der Waals surface area contributed by atoms with Crippen LogP contribution in [0.4, 0.5) is 11.4 Å². The van der Waals surface area contributed by atoms with Crippen molar-refractivity contribution in [2.75, 3.05) is 16.6 Å². The van der Waals surface area contributed by atoms with Gasteiger partial charge in [-0.3, -0.25) is 4.72 Å². The lowest BCUT2D eigenvalue weighted by molar-refractivity contribution is 0.601. The maximum atomic E-state index is 12.8. The summed E-state index contributed by atoms with van der Waals surface area (Å²) in [5.74, 6) is 0. The lowest BCUT2D eigenvalue weighted by atomic mass is 10.1. The quantitative estimate of drug-likeness (QED) is 0.496. The molecular formula is C20H25N3O2S2. The van der Waals surface area contributed by atoms with E-state index in [2.05, 4.69) is 21.9 Å². The number of aryl methyl sites for hydroxylation is 3. The molecule has 27 heavy (non-hydrogen) atoms. The Morgan fingerprint density at radius 2 is 1.74 bits per heavy atom. The van der Waals surface area contributed by atoms with Gasteiger partial charge in [0.1, 0.15) is 0 Å². The van der Waals surface area contributed by atoms with Crippen molar-refractivity contribution in [1.82, 2.24) is 5.32 Å². The van der Waals surface area contributed by atoms with Gasteiger partial charge in [0.25, 0.3) is 10.0 Å². The summed E-state index contributed by atoms with van der Waals surface area (Å²) in [4.78, 5) is 0.165. The van der Waals surface area contributed by atoms with Gasteiger partial charge in [0.2, 0.25) is 0 Å². The molecule has 0 fully saturated rings. The predicted molar refractivity (Wildman–Crippen MR) is 117 cm³/mol. The zero-order chi connectivity index (χ0) is 20.2. The van der Waals surface area contributed by atoms with Crippen LogP contribution in [0.2, 0.25) is 0 Å². The molecule has 2 aromatic carbocycles. The summed E-state index contributed by atoms with van der Waals surface area (Å²) in [5, 5.41) is 6.49. The van der Waals surface area contributed by atoms with E-state index in [-0.39, 0.29) is 4.90 Å². The number of sulfonamides is 1. The van der Waals surface area contributed by atoms with Crippen LogP contribution < -0.4 is 15.4 Å². The second-order valence-corrected chi connectivity index (χ2v) is 8.76. The smallest absolute Gasteiger partial charge is 0.261 e. The van der Waals surface area contributed by atoms with Gasteiger partial charge in [-0.1, -0.05) is 35.9 Å². The Balaban J connectivity index is 2.24. The van der Waals surface area contributed by atoms with E-state index >= 15 is 0 Å². The van der Waals surface area contributed by atoms with Crippen LogP contribution in [0.3, 0.4) is 0 Å². The number of anilines is 2. The summed E-state index contributed by atoms with van der Waals surface area (Å²) in [6.45, 7) is 12.0. The lowest BCUT2D eigenvalue weighted by Crippen LogP contribution is -2.30. The third-order valence-corrected chi connectivity index (χ3v) is 5.55. The highest BCUT2D eigenvalue weighted by atomic mass is 32.2. The topological polar surface area (TPSA) is 70.2 Å². The molecule has 144 valence electrons. The highest BCUT2D eigenvalue weighted by molar-refractivity contribution is 7.92. The van der Waals surface area contributed by atoms with Crippen LogP contribution in [0.5, 0.6) is 0 Å². The van der Waals surface area contributed by atoms with Crippen molar-refractivity contribution in [3.05, 3.63) is 65.2 Å². The van der Waals surface area contributed by atoms with Gasteiger partial charge >= 0.3 is 0 Å². The Morgan fingerprint density at radius 1 is 1.04 bits per heavy atom. The number of hydrogen-bond acceptors (Lipinski definition) is 3. The molecule has 5 nitrogen and oxygen atoms in total.